The van der Waals surface area contributed by atoms with E-state index in [-0.39, 0.29) is 27.4 Å². The van der Waals surface area contributed by atoms with Crippen molar-refractivity contribution in [1.82, 2.24) is 9.88 Å². The minimum Gasteiger partial charge on any atom is -0.486 e. The number of benzene rings is 2. The van der Waals surface area contributed by atoms with Crippen molar-refractivity contribution in [3.8, 4) is 16.9 Å². The molecule has 232 valence electrons. The van der Waals surface area contributed by atoms with Crippen molar-refractivity contribution in [2.24, 2.45) is 5.41 Å². The highest BCUT2D eigenvalue weighted by molar-refractivity contribution is 7.89. The zero-order chi connectivity index (χ0) is 30.7. The van der Waals surface area contributed by atoms with Crippen molar-refractivity contribution in [1.29, 1.82) is 0 Å². The van der Waals surface area contributed by atoms with E-state index in [2.05, 4.69) is 42.8 Å². The number of pyridine rings is 1. The van der Waals surface area contributed by atoms with E-state index in [0.717, 1.165) is 68.6 Å². The molecule has 1 fully saturated rings. The monoisotopic (exact) mass is 642 g/mol. The molecule has 2 aliphatic heterocycles. The molecule has 0 atom stereocenters. The van der Waals surface area contributed by atoms with Gasteiger partial charge in [-0.2, -0.15) is 0 Å². The Morgan fingerprint density at radius 1 is 0.953 bits per heavy atom. The maximum Gasteiger partial charge on any atom is 0.160 e. The molecule has 0 bridgehead atoms. The topological polar surface area (TPSA) is 59.5 Å². The van der Waals surface area contributed by atoms with Gasteiger partial charge in [0, 0.05) is 37.5 Å². The molecular formula is C35H44Cl2N2O3S. The van der Waals surface area contributed by atoms with Crippen LogP contribution in [0.15, 0.2) is 60.8 Å². The number of fused-ring (bicyclic) bond motifs is 1. The van der Waals surface area contributed by atoms with Crippen LogP contribution in [0.4, 0.5) is 0 Å². The Labute approximate surface area is 267 Å². The normalized spacial score (nSPS) is 18.0. The molecule has 0 unspecified atom stereocenters. The highest BCUT2D eigenvalue weighted by Crippen LogP contribution is 2.51. The van der Waals surface area contributed by atoms with Gasteiger partial charge in [0.1, 0.15) is 16.2 Å². The highest BCUT2D eigenvalue weighted by atomic mass is 35.5. The Morgan fingerprint density at radius 3 is 2.37 bits per heavy atom. The van der Waals surface area contributed by atoms with E-state index in [1.807, 2.05) is 30.3 Å². The van der Waals surface area contributed by atoms with Gasteiger partial charge < -0.3 is 9.64 Å². The highest BCUT2D eigenvalue weighted by Gasteiger charge is 2.52. The fraction of sp³-hybridized carbons (Fsp3) is 0.514. The van der Waals surface area contributed by atoms with Crippen LogP contribution in [0.3, 0.4) is 0 Å². The van der Waals surface area contributed by atoms with Crippen LogP contribution in [0.5, 0.6) is 5.75 Å². The first kappa shape index (κ1) is 32.3. The summed E-state index contributed by atoms with van der Waals surface area (Å²) >= 11 is 11.7. The number of sulfone groups is 1. The molecule has 43 heavy (non-hydrogen) atoms. The molecular weight excluding hydrogens is 599 g/mol. The maximum absolute atomic E-state index is 12.8. The van der Waals surface area contributed by atoms with Gasteiger partial charge in [0.2, 0.25) is 0 Å². The Kier molecular flexibility index (Phi) is 10.1. The lowest BCUT2D eigenvalue weighted by atomic mass is 9.64. The smallest absolute Gasteiger partial charge is 0.160 e. The number of halogens is 2. The van der Waals surface area contributed by atoms with E-state index >= 15 is 0 Å². The first-order valence-electron chi connectivity index (χ1n) is 15.5. The molecule has 3 heterocycles. The molecule has 0 amide bonds. The lowest BCUT2D eigenvalue weighted by molar-refractivity contribution is -0.0977. The number of aromatic nitrogens is 1. The summed E-state index contributed by atoms with van der Waals surface area (Å²) in [6.45, 7) is 10.2. The molecule has 8 heteroatoms. The van der Waals surface area contributed by atoms with Crippen LogP contribution >= 0.6 is 23.2 Å². The first-order chi connectivity index (χ1) is 20.5. The van der Waals surface area contributed by atoms with Crippen LogP contribution in [0.2, 0.25) is 0 Å². The number of unbranched alkanes of at least 4 members (excludes halogenated alkanes) is 2. The predicted octanol–water partition coefficient (Wildman–Crippen LogP) is 8.33. The van der Waals surface area contributed by atoms with Crippen LogP contribution in [0.25, 0.3) is 11.1 Å². The summed E-state index contributed by atoms with van der Waals surface area (Å²) in [5.74, 6) is 0.957. The number of alkyl halides is 2. The number of rotatable bonds is 11. The number of hydrogen-bond donors (Lipinski definition) is 0. The molecule has 5 nitrogen and oxygen atoms in total. The molecule has 2 aromatic carbocycles. The second-order valence-electron chi connectivity index (χ2n) is 13.0. The van der Waals surface area contributed by atoms with Gasteiger partial charge in [0.15, 0.2) is 9.84 Å². The van der Waals surface area contributed by atoms with Crippen molar-refractivity contribution in [2.75, 3.05) is 19.6 Å². The summed E-state index contributed by atoms with van der Waals surface area (Å²) in [7, 11) is -3.32. The fourth-order valence-corrected chi connectivity index (χ4v) is 8.57. The Balaban J connectivity index is 1.24. The minimum absolute atomic E-state index is 0.00293. The maximum atomic E-state index is 12.8. The third kappa shape index (κ3) is 7.76. The summed E-state index contributed by atoms with van der Waals surface area (Å²) in [5.41, 5.74) is 5.99. The van der Waals surface area contributed by atoms with E-state index in [4.69, 9.17) is 27.9 Å². The Hall–Kier alpha value is -2.12. The van der Waals surface area contributed by atoms with E-state index in [1.54, 1.807) is 18.3 Å². The Bertz CT molecular complexity index is 1480. The molecule has 2 aliphatic rings. The lowest BCUT2D eigenvalue weighted by Gasteiger charge is -2.54. The van der Waals surface area contributed by atoms with Crippen LogP contribution in [-0.2, 0) is 27.8 Å². The van der Waals surface area contributed by atoms with Crippen LogP contribution in [-0.4, -0.2) is 48.4 Å². The second kappa shape index (κ2) is 13.5. The third-order valence-corrected chi connectivity index (χ3v) is 11.5. The fourth-order valence-electron chi connectivity index (χ4n) is 6.83. The summed E-state index contributed by atoms with van der Waals surface area (Å²) in [4.78, 5) is 6.51. The van der Waals surface area contributed by atoms with Gasteiger partial charge in [0.05, 0.1) is 17.2 Å². The standard InChI is InChI=1S/C35H44Cl2N2O3S/c1-26-30(28-13-11-27(12-14-28)24-43(40,41)25-29-9-6-7-19-38-29)15-16-32-31(26)23-34(2,3)35(42-32)17-21-39(22-18-35)20-8-4-5-10-33(36)37/h6-7,9,11-16,19,33H,4-5,8,10,17-18,20-25H2,1-3H3. The molecule has 0 saturated carbocycles. The first-order valence-corrected chi connectivity index (χ1v) is 18.2. The van der Waals surface area contributed by atoms with E-state index in [0.29, 0.717) is 5.69 Å². The number of likely N-dealkylation sites (tertiary alicyclic amines) is 1. The van der Waals surface area contributed by atoms with Gasteiger partial charge in [-0.15, -0.1) is 23.2 Å². The summed E-state index contributed by atoms with van der Waals surface area (Å²) in [6.07, 6.45) is 8.99. The minimum atomic E-state index is -3.32. The van der Waals surface area contributed by atoms with Gasteiger partial charge in [-0.25, -0.2) is 8.42 Å². The molecule has 0 N–H and O–H groups in total. The predicted molar refractivity (Wildman–Crippen MR) is 178 cm³/mol. The number of ether oxygens (including phenoxy) is 1. The number of hydrogen-bond acceptors (Lipinski definition) is 5. The van der Waals surface area contributed by atoms with Gasteiger partial charge in [0.25, 0.3) is 0 Å². The molecule has 1 spiro atoms. The zero-order valence-electron chi connectivity index (χ0n) is 25.6. The van der Waals surface area contributed by atoms with Gasteiger partial charge in [-0.1, -0.05) is 63.1 Å². The lowest BCUT2D eigenvalue weighted by Crippen LogP contribution is -2.59. The van der Waals surface area contributed by atoms with E-state index in [1.165, 1.54) is 29.5 Å². The summed E-state index contributed by atoms with van der Waals surface area (Å²) in [6, 6.07) is 17.6. The summed E-state index contributed by atoms with van der Waals surface area (Å²) < 4.78 is 32.5. The molecule has 3 aromatic rings. The largest absolute Gasteiger partial charge is 0.486 e. The van der Waals surface area contributed by atoms with E-state index < -0.39 is 9.84 Å². The van der Waals surface area contributed by atoms with Crippen molar-refractivity contribution in [3.05, 3.63) is 83.2 Å². The number of piperidine rings is 1. The Morgan fingerprint density at radius 2 is 1.70 bits per heavy atom. The van der Waals surface area contributed by atoms with Gasteiger partial charge in [-0.05, 0) is 78.7 Å². The van der Waals surface area contributed by atoms with Crippen molar-refractivity contribution in [2.45, 2.75) is 87.7 Å². The quantitative estimate of drug-likeness (QED) is 0.155. The molecule has 1 aromatic heterocycles. The van der Waals surface area contributed by atoms with Crippen LogP contribution in [0.1, 0.15) is 74.8 Å². The van der Waals surface area contributed by atoms with Crippen LogP contribution < -0.4 is 4.74 Å². The third-order valence-electron chi connectivity index (χ3n) is 9.52. The second-order valence-corrected chi connectivity index (χ2v) is 16.3. The molecule has 0 aliphatic carbocycles. The zero-order valence-corrected chi connectivity index (χ0v) is 27.9. The molecule has 1 saturated heterocycles. The van der Waals surface area contributed by atoms with E-state index in [9.17, 15) is 8.42 Å². The summed E-state index contributed by atoms with van der Waals surface area (Å²) in [5, 5.41) is 0. The molecule has 0 radical (unpaired) electrons. The van der Waals surface area contributed by atoms with Crippen LogP contribution in [0, 0.1) is 12.3 Å². The van der Waals surface area contributed by atoms with Crippen molar-refractivity contribution in [3.63, 3.8) is 0 Å². The average Bonchev–Trinajstić information content (AvgIpc) is 2.96. The average molecular weight is 644 g/mol. The van der Waals surface area contributed by atoms with Gasteiger partial charge >= 0.3 is 0 Å². The number of nitrogens with zero attached hydrogens (tertiary/aromatic N) is 2. The SMILES string of the molecule is Cc1c(-c2ccc(CS(=O)(=O)Cc3ccccn3)cc2)ccc2c1CC(C)(C)C1(CCN(CCCCCC(Cl)Cl)CC1)O2. The van der Waals surface area contributed by atoms with Crippen molar-refractivity contribution < 1.29 is 13.2 Å². The molecule has 5 rings (SSSR count). The van der Waals surface area contributed by atoms with Gasteiger partial charge in [-0.3, -0.25) is 4.98 Å². The van der Waals surface area contributed by atoms with Crippen molar-refractivity contribution >= 4 is 33.0 Å².